The van der Waals surface area contributed by atoms with E-state index in [0.29, 0.717) is 11.8 Å². The molecule has 1 saturated heterocycles. The van der Waals surface area contributed by atoms with E-state index in [9.17, 15) is 4.79 Å². The number of hydrogen-bond acceptors (Lipinski definition) is 2. The highest BCUT2D eigenvalue weighted by atomic mass is 16.2. The molecule has 116 valence electrons. The van der Waals surface area contributed by atoms with Gasteiger partial charge in [-0.2, -0.15) is 0 Å². The highest BCUT2D eigenvalue weighted by molar-refractivity contribution is 5.84. The third-order valence-electron chi connectivity index (χ3n) is 5.11. The molecule has 1 saturated carbocycles. The molecule has 0 aromatic carbocycles. The average molecular weight is 280 g/mol. The van der Waals surface area contributed by atoms with Crippen LogP contribution in [0.1, 0.15) is 66.2 Å². The van der Waals surface area contributed by atoms with Crippen molar-refractivity contribution in [3.05, 3.63) is 0 Å². The van der Waals surface area contributed by atoms with E-state index >= 15 is 0 Å². The second kappa shape index (κ2) is 6.93. The van der Waals surface area contributed by atoms with Gasteiger partial charge >= 0.3 is 0 Å². The zero-order valence-corrected chi connectivity index (χ0v) is 13.7. The van der Waals surface area contributed by atoms with Crippen LogP contribution in [0.5, 0.6) is 0 Å². The van der Waals surface area contributed by atoms with Crippen LogP contribution >= 0.6 is 0 Å². The van der Waals surface area contributed by atoms with Gasteiger partial charge in [0.25, 0.3) is 0 Å². The number of nitrogens with zero attached hydrogens (tertiary/aromatic N) is 1. The maximum atomic E-state index is 12.4. The summed E-state index contributed by atoms with van der Waals surface area (Å²) in [6.45, 7) is 9.81. The largest absolute Gasteiger partial charge is 0.326 e. The van der Waals surface area contributed by atoms with Crippen molar-refractivity contribution in [2.75, 3.05) is 6.54 Å². The van der Waals surface area contributed by atoms with Crippen LogP contribution in [-0.2, 0) is 4.79 Å². The van der Waals surface area contributed by atoms with E-state index < -0.39 is 0 Å². The lowest BCUT2D eigenvalue weighted by molar-refractivity contribution is -0.130. The Morgan fingerprint density at radius 3 is 2.45 bits per heavy atom. The molecule has 0 bridgehead atoms. The predicted molar refractivity (Wildman–Crippen MR) is 83.3 cm³/mol. The second-order valence-corrected chi connectivity index (χ2v) is 7.47. The smallest absolute Gasteiger partial charge is 0.241 e. The lowest BCUT2D eigenvalue weighted by Gasteiger charge is -2.29. The van der Waals surface area contributed by atoms with Crippen molar-refractivity contribution < 1.29 is 4.79 Å². The van der Waals surface area contributed by atoms with Crippen LogP contribution in [0.4, 0.5) is 0 Å². The van der Waals surface area contributed by atoms with E-state index in [1.165, 1.54) is 32.1 Å². The molecule has 2 rings (SSSR count). The van der Waals surface area contributed by atoms with Crippen molar-refractivity contribution >= 4 is 5.91 Å². The highest BCUT2D eigenvalue weighted by Crippen LogP contribution is 2.31. The molecule has 2 fully saturated rings. The molecule has 1 aliphatic heterocycles. The molecule has 0 aromatic rings. The lowest BCUT2D eigenvalue weighted by atomic mass is 9.81. The molecule has 2 aliphatic rings. The van der Waals surface area contributed by atoms with E-state index in [1.54, 1.807) is 0 Å². The monoisotopic (exact) mass is 280 g/mol. The summed E-state index contributed by atoms with van der Waals surface area (Å²) < 4.78 is 0. The van der Waals surface area contributed by atoms with Crippen molar-refractivity contribution in [3.8, 4) is 0 Å². The summed E-state index contributed by atoms with van der Waals surface area (Å²) >= 11 is 0. The van der Waals surface area contributed by atoms with Gasteiger partial charge in [0.1, 0.15) is 0 Å². The molecule has 0 spiro atoms. The van der Waals surface area contributed by atoms with Crippen molar-refractivity contribution in [2.45, 2.75) is 78.4 Å². The van der Waals surface area contributed by atoms with Crippen molar-refractivity contribution in [3.63, 3.8) is 0 Å². The maximum Gasteiger partial charge on any atom is 0.241 e. The van der Waals surface area contributed by atoms with Crippen LogP contribution in [0.2, 0.25) is 0 Å². The fourth-order valence-electron chi connectivity index (χ4n) is 3.73. The number of amides is 1. The first-order valence-corrected chi connectivity index (χ1v) is 8.54. The first kappa shape index (κ1) is 15.8. The van der Waals surface area contributed by atoms with Gasteiger partial charge in [-0.05, 0) is 37.5 Å². The number of rotatable bonds is 5. The molecule has 20 heavy (non-hydrogen) atoms. The molecule has 2 unspecified atom stereocenters. The fourth-order valence-corrected chi connectivity index (χ4v) is 3.73. The quantitative estimate of drug-likeness (QED) is 0.837. The molecule has 3 heteroatoms. The van der Waals surface area contributed by atoms with Crippen LogP contribution in [0.15, 0.2) is 0 Å². The van der Waals surface area contributed by atoms with E-state index in [4.69, 9.17) is 0 Å². The van der Waals surface area contributed by atoms with Gasteiger partial charge in [0.15, 0.2) is 0 Å². The Hall–Kier alpha value is -0.570. The fraction of sp³-hybridized carbons (Fsp3) is 0.941. The molecule has 1 aliphatic carbocycles. The molecular formula is C17H32N2O. The van der Waals surface area contributed by atoms with E-state index in [1.807, 2.05) is 0 Å². The van der Waals surface area contributed by atoms with E-state index in [0.717, 1.165) is 24.8 Å². The van der Waals surface area contributed by atoms with Crippen molar-refractivity contribution in [2.24, 2.45) is 17.8 Å². The minimum absolute atomic E-state index is 0.0522. The first-order valence-electron chi connectivity index (χ1n) is 8.54. The van der Waals surface area contributed by atoms with Gasteiger partial charge in [-0.1, -0.05) is 46.5 Å². The standard InChI is InChI=1S/C17H32N2O/c1-12(2)11-16-17(20)19(14(4)18-16)10-9-15-7-5-13(3)6-8-15/h12-16,18H,5-11H2,1-4H3. The van der Waals surface area contributed by atoms with Gasteiger partial charge in [0, 0.05) is 6.54 Å². The topological polar surface area (TPSA) is 32.3 Å². The average Bonchev–Trinajstić information content (AvgIpc) is 2.64. The Morgan fingerprint density at radius 2 is 1.85 bits per heavy atom. The number of nitrogens with one attached hydrogen (secondary N) is 1. The Balaban J connectivity index is 1.79. The minimum atomic E-state index is 0.0522. The lowest BCUT2D eigenvalue weighted by Crippen LogP contribution is -2.36. The number of carbonyl (C=O) groups is 1. The summed E-state index contributed by atoms with van der Waals surface area (Å²) in [5.41, 5.74) is 0. The van der Waals surface area contributed by atoms with Gasteiger partial charge in [-0.25, -0.2) is 0 Å². The van der Waals surface area contributed by atoms with Crippen molar-refractivity contribution in [1.82, 2.24) is 10.2 Å². The van der Waals surface area contributed by atoms with Gasteiger partial charge in [-0.15, -0.1) is 0 Å². The van der Waals surface area contributed by atoms with Crippen LogP contribution in [0.3, 0.4) is 0 Å². The Morgan fingerprint density at radius 1 is 1.20 bits per heavy atom. The van der Waals surface area contributed by atoms with Crippen LogP contribution in [-0.4, -0.2) is 29.6 Å². The van der Waals surface area contributed by atoms with E-state index in [2.05, 4.69) is 37.9 Å². The highest BCUT2D eigenvalue weighted by Gasteiger charge is 2.36. The van der Waals surface area contributed by atoms with Crippen LogP contribution in [0.25, 0.3) is 0 Å². The van der Waals surface area contributed by atoms with E-state index in [-0.39, 0.29) is 12.2 Å². The minimum Gasteiger partial charge on any atom is -0.326 e. The first-order chi connectivity index (χ1) is 9.47. The Bertz CT molecular complexity index is 321. The Labute approximate surface area is 124 Å². The molecule has 0 radical (unpaired) electrons. The molecule has 3 nitrogen and oxygen atoms in total. The molecule has 0 aromatic heterocycles. The molecule has 1 N–H and O–H groups in total. The summed E-state index contributed by atoms with van der Waals surface area (Å²) in [6, 6.07) is 0.0522. The van der Waals surface area contributed by atoms with Gasteiger partial charge in [0.2, 0.25) is 5.91 Å². The second-order valence-electron chi connectivity index (χ2n) is 7.47. The van der Waals surface area contributed by atoms with Crippen molar-refractivity contribution in [1.29, 1.82) is 0 Å². The summed E-state index contributed by atoms with van der Waals surface area (Å²) in [5.74, 6) is 2.66. The summed E-state index contributed by atoms with van der Waals surface area (Å²) in [4.78, 5) is 14.5. The molecule has 1 heterocycles. The Kier molecular flexibility index (Phi) is 5.48. The maximum absolute atomic E-state index is 12.4. The zero-order valence-electron chi connectivity index (χ0n) is 13.7. The summed E-state index contributed by atoms with van der Waals surface area (Å²) in [6.07, 6.45) is 7.85. The normalized spacial score (nSPS) is 35.0. The SMILES string of the molecule is CC(C)CC1NC(C)N(CCC2CCC(C)CC2)C1=O. The van der Waals surface area contributed by atoms with Gasteiger partial charge in [-0.3, -0.25) is 10.1 Å². The molecule has 2 atom stereocenters. The molecule has 1 amide bonds. The summed E-state index contributed by atoms with van der Waals surface area (Å²) in [7, 11) is 0. The summed E-state index contributed by atoms with van der Waals surface area (Å²) in [5, 5.41) is 3.46. The molecular weight excluding hydrogens is 248 g/mol. The number of carbonyl (C=O) groups excluding carboxylic acids is 1. The number of hydrogen-bond donors (Lipinski definition) is 1. The van der Waals surface area contributed by atoms with Crippen LogP contribution in [0, 0.1) is 17.8 Å². The third-order valence-corrected chi connectivity index (χ3v) is 5.11. The van der Waals surface area contributed by atoms with Gasteiger partial charge < -0.3 is 4.90 Å². The third kappa shape index (κ3) is 3.97. The van der Waals surface area contributed by atoms with Gasteiger partial charge in [0.05, 0.1) is 12.2 Å². The predicted octanol–water partition coefficient (Wildman–Crippen LogP) is 3.40. The van der Waals surface area contributed by atoms with Crippen LogP contribution < -0.4 is 5.32 Å². The zero-order chi connectivity index (χ0) is 14.7.